The van der Waals surface area contributed by atoms with E-state index in [0.717, 1.165) is 0 Å². The van der Waals surface area contributed by atoms with Crippen LogP contribution in [0.25, 0.3) is 0 Å². The second kappa shape index (κ2) is 6.03. The summed E-state index contributed by atoms with van der Waals surface area (Å²) in [5, 5.41) is 0. The third kappa shape index (κ3) is 3.05. The summed E-state index contributed by atoms with van der Waals surface area (Å²) in [5.41, 5.74) is 5.66. The second-order valence-corrected chi connectivity index (χ2v) is 4.45. The highest BCUT2D eigenvalue weighted by atomic mass is 16.5. The normalized spacial score (nSPS) is 23.3. The van der Waals surface area contributed by atoms with Gasteiger partial charge in [-0.25, -0.2) is 0 Å². The number of nitrogens with two attached hydrogens (primary N) is 1. The number of rotatable bonds is 4. The predicted molar refractivity (Wildman–Crippen MR) is 70.7 cm³/mol. The quantitative estimate of drug-likeness (QED) is 0.825. The molecule has 2 heterocycles. The molecule has 1 aliphatic heterocycles. The van der Waals surface area contributed by atoms with Crippen LogP contribution in [0.5, 0.6) is 11.8 Å². The average molecular weight is 268 g/mol. The van der Waals surface area contributed by atoms with Gasteiger partial charge in [0, 0.05) is 13.1 Å². The minimum atomic E-state index is -0.00278. The van der Waals surface area contributed by atoms with Crippen molar-refractivity contribution in [3.63, 3.8) is 0 Å². The predicted octanol–water partition coefficient (Wildman–Crippen LogP) is 0.0462. The fourth-order valence-corrected chi connectivity index (χ4v) is 1.97. The average Bonchev–Trinajstić information content (AvgIpc) is 2.47. The highest BCUT2D eigenvalue weighted by Gasteiger charge is 2.28. The van der Waals surface area contributed by atoms with Crippen molar-refractivity contribution in [2.24, 2.45) is 5.73 Å². The van der Waals surface area contributed by atoms with E-state index in [1.54, 1.807) is 20.3 Å². The molecule has 0 bridgehead atoms. The minimum Gasteiger partial charge on any atom is -0.481 e. The van der Waals surface area contributed by atoms with Gasteiger partial charge in [0.25, 0.3) is 0 Å². The molecule has 19 heavy (non-hydrogen) atoms. The number of hydrogen-bond acceptors (Lipinski definition) is 7. The van der Waals surface area contributed by atoms with Crippen molar-refractivity contribution in [2.45, 2.75) is 19.1 Å². The van der Waals surface area contributed by atoms with Crippen LogP contribution in [0.4, 0.5) is 5.95 Å². The van der Waals surface area contributed by atoms with Gasteiger partial charge in [-0.2, -0.15) is 9.97 Å². The van der Waals surface area contributed by atoms with Gasteiger partial charge in [-0.1, -0.05) is 0 Å². The maximum Gasteiger partial charge on any atom is 0.232 e. The summed E-state index contributed by atoms with van der Waals surface area (Å²) in [5.74, 6) is 1.53. The Balaban J connectivity index is 2.27. The van der Waals surface area contributed by atoms with Gasteiger partial charge in [-0.05, 0) is 6.92 Å². The number of ether oxygens (including phenoxy) is 3. The van der Waals surface area contributed by atoms with Crippen LogP contribution in [0.1, 0.15) is 6.92 Å². The van der Waals surface area contributed by atoms with Crippen LogP contribution in [0.3, 0.4) is 0 Å². The molecule has 1 fully saturated rings. The van der Waals surface area contributed by atoms with Crippen molar-refractivity contribution in [3.05, 3.63) is 6.07 Å². The lowest BCUT2D eigenvalue weighted by Gasteiger charge is -2.37. The smallest absolute Gasteiger partial charge is 0.232 e. The molecular formula is C12H20N4O3. The molecule has 0 spiro atoms. The van der Waals surface area contributed by atoms with Crippen molar-refractivity contribution in [2.75, 3.05) is 38.8 Å². The maximum absolute atomic E-state index is 5.66. The third-order valence-electron chi connectivity index (χ3n) is 3.11. The van der Waals surface area contributed by atoms with Crippen LogP contribution >= 0.6 is 0 Å². The van der Waals surface area contributed by atoms with Crippen LogP contribution in [-0.4, -0.2) is 56.0 Å². The Morgan fingerprint density at radius 1 is 1.37 bits per heavy atom. The van der Waals surface area contributed by atoms with E-state index in [-0.39, 0.29) is 12.1 Å². The molecule has 2 rings (SSSR count). The first-order valence-corrected chi connectivity index (χ1v) is 6.23. The fraction of sp³-hybridized carbons (Fsp3) is 0.667. The molecule has 0 aliphatic carbocycles. The van der Waals surface area contributed by atoms with Crippen molar-refractivity contribution in [3.8, 4) is 11.8 Å². The molecule has 0 radical (unpaired) electrons. The molecule has 1 aromatic rings. The fourth-order valence-electron chi connectivity index (χ4n) is 1.97. The van der Waals surface area contributed by atoms with Crippen LogP contribution in [0, 0.1) is 0 Å². The Morgan fingerprint density at radius 2 is 2.00 bits per heavy atom. The van der Waals surface area contributed by atoms with Gasteiger partial charge in [-0.15, -0.1) is 0 Å². The molecule has 2 atom stereocenters. The lowest BCUT2D eigenvalue weighted by molar-refractivity contribution is 0.0275. The van der Waals surface area contributed by atoms with Crippen LogP contribution < -0.4 is 20.1 Å². The standard InChI is InChI=1S/C12H20N4O3/c1-8-7-19-9(5-13)6-16(8)12-14-10(17-2)4-11(15-12)18-3/h4,8-9H,5-7,13H2,1-3H3. The zero-order valence-corrected chi connectivity index (χ0v) is 11.5. The van der Waals surface area contributed by atoms with Crippen molar-refractivity contribution >= 4 is 5.95 Å². The number of anilines is 1. The Bertz CT molecular complexity index is 407. The largest absolute Gasteiger partial charge is 0.481 e. The summed E-state index contributed by atoms with van der Waals surface area (Å²) in [4.78, 5) is 10.8. The molecule has 1 saturated heterocycles. The molecule has 2 unspecified atom stereocenters. The summed E-state index contributed by atoms with van der Waals surface area (Å²) in [6, 6.07) is 1.83. The van der Waals surface area contributed by atoms with Gasteiger partial charge >= 0.3 is 0 Å². The van der Waals surface area contributed by atoms with E-state index in [4.69, 9.17) is 19.9 Å². The van der Waals surface area contributed by atoms with Gasteiger partial charge in [0.05, 0.1) is 39.0 Å². The van der Waals surface area contributed by atoms with Crippen LogP contribution in [0.15, 0.2) is 6.07 Å². The molecule has 106 valence electrons. The number of morpholine rings is 1. The maximum atomic E-state index is 5.66. The molecule has 1 aliphatic rings. The zero-order chi connectivity index (χ0) is 13.8. The first kappa shape index (κ1) is 13.8. The van der Waals surface area contributed by atoms with Crippen molar-refractivity contribution < 1.29 is 14.2 Å². The summed E-state index contributed by atoms with van der Waals surface area (Å²) >= 11 is 0. The molecule has 0 amide bonds. The molecule has 7 nitrogen and oxygen atoms in total. The van der Waals surface area contributed by atoms with Crippen molar-refractivity contribution in [1.82, 2.24) is 9.97 Å². The highest BCUT2D eigenvalue weighted by Crippen LogP contribution is 2.23. The van der Waals surface area contributed by atoms with Gasteiger partial charge in [0.2, 0.25) is 17.7 Å². The Kier molecular flexibility index (Phi) is 4.39. The highest BCUT2D eigenvalue weighted by molar-refractivity contribution is 5.38. The number of aromatic nitrogens is 2. The lowest BCUT2D eigenvalue weighted by Crippen LogP contribution is -2.51. The van der Waals surface area contributed by atoms with Crippen LogP contribution in [0.2, 0.25) is 0 Å². The van der Waals surface area contributed by atoms with E-state index in [2.05, 4.69) is 21.8 Å². The molecule has 1 aromatic heterocycles. The SMILES string of the molecule is COc1cc(OC)nc(N2CC(CN)OCC2C)n1. The molecule has 0 saturated carbocycles. The second-order valence-electron chi connectivity index (χ2n) is 4.45. The summed E-state index contributed by atoms with van der Waals surface area (Å²) in [6.45, 7) is 3.80. The molecule has 2 N–H and O–H groups in total. The summed E-state index contributed by atoms with van der Waals surface area (Å²) < 4.78 is 15.9. The van der Waals surface area contributed by atoms with E-state index >= 15 is 0 Å². The lowest BCUT2D eigenvalue weighted by atomic mass is 10.2. The first-order valence-electron chi connectivity index (χ1n) is 6.23. The van der Waals surface area contributed by atoms with Gasteiger partial charge in [-0.3, -0.25) is 0 Å². The van der Waals surface area contributed by atoms with Gasteiger partial charge in [0.15, 0.2) is 0 Å². The summed E-state index contributed by atoms with van der Waals surface area (Å²) in [6.07, 6.45) is -0.00278. The van der Waals surface area contributed by atoms with E-state index in [9.17, 15) is 0 Å². The van der Waals surface area contributed by atoms with E-state index < -0.39 is 0 Å². The Hall–Kier alpha value is -1.60. The molecule has 0 aromatic carbocycles. The van der Waals surface area contributed by atoms with Gasteiger partial charge in [0.1, 0.15) is 0 Å². The molecule has 7 heteroatoms. The van der Waals surface area contributed by atoms with E-state index in [0.29, 0.717) is 37.4 Å². The number of nitrogens with zero attached hydrogens (tertiary/aromatic N) is 3. The third-order valence-corrected chi connectivity index (χ3v) is 3.11. The zero-order valence-electron chi connectivity index (χ0n) is 11.5. The minimum absolute atomic E-state index is 0.00278. The monoisotopic (exact) mass is 268 g/mol. The summed E-state index contributed by atoms with van der Waals surface area (Å²) in [7, 11) is 3.13. The Morgan fingerprint density at radius 3 is 2.53 bits per heavy atom. The molecular weight excluding hydrogens is 248 g/mol. The van der Waals surface area contributed by atoms with Crippen molar-refractivity contribution in [1.29, 1.82) is 0 Å². The van der Waals surface area contributed by atoms with E-state index in [1.165, 1.54) is 0 Å². The Labute approximate surface area is 112 Å². The first-order chi connectivity index (χ1) is 9.17. The topological polar surface area (TPSA) is 82.7 Å². The number of methoxy groups -OCH3 is 2. The van der Waals surface area contributed by atoms with E-state index in [1.807, 2.05) is 0 Å². The number of hydrogen-bond donors (Lipinski definition) is 1. The van der Waals surface area contributed by atoms with Gasteiger partial charge < -0.3 is 24.8 Å². The van der Waals surface area contributed by atoms with Crippen LogP contribution in [-0.2, 0) is 4.74 Å².